The predicted octanol–water partition coefficient (Wildman–Crippen LogP) is 5.31. The van der Waals surface area contributed by atoms with Crippen LogP contribution in [0.1, 0.15) is 48.1 Å². The summed E-state index contributed by atoms with van der Waals surface area (Å²) in [6.07, 6.45) is 0. The third kappa shape index (κ3) is 4.28. The highest BCUT2D eigenvalue weighted by atomic mass is 16.1. The number of carbonyl (C=O) groups is 1. The van der Waals surface area contributed by atoms with Gasteiger partial charge < -0.3 is 9.88 Å². The summed E-state index contributed by atoms with van der Waals surface area (Å²) in [6, 6.07) is 26.2. The Morgan fingerprint density at radius 3 is 2.27 bits per heavy atom. The molecule has 0 saturated carbocycles. The Labute approximate surface area is 177 Å². The van der Waals surface area contributed by atoms with Crippen LogP contribution in [0.5, 0.6) is 0 Å². The Morgan fingerprint density at radius 1 is 0.900 bits per heavy atom. The van der Waals surface area contributed by atoms with Crippen molar-refractivity contribution in [3.8, 4) is 0 Å². The van der Waals surface area contributed by atoms with E-state index in [0.29, 0.717) is 18.7 Å². The number of fused-ring (bicyclic) bond motifs is 1. The molecule has 0 aliphatic heterocycles. The van der Waals surface area contributed by atoms with Gasteiger partial charge in [0.1, 0.15) is 5.82 Å². The SMILES string of the molecule is CC(C)(C)c1ccc(C(=O)NCc2nc3ccccc3n2Cc2ccccc2)cc1. The molecule has 1 N–H and O–H groups in total. The molecule has 0 aliphatic rings. The van der Waals surface area contributed by atoms with Gasteiger partial charge in [0.2, 0.25) is 0 Å². The van der Waals surface area contributed by atoms with Crippen molar-refractivity contribution in [2.75, 3.05) is 0 Å². The Morgan fingerprint density at radius 2 is 1.57 bits per heavy atom. The Hall–Kier alpha value is -3.40. The van der Waals surface area contributed by atoms with Gasteiger partial charge in [-0.3, -0.25) is 4.79 Å². The van der Waals surface area contributed by atoms with Crippen LogP contribution in [0, 0.1) is 0 Å². The standard InChI is InChI=1S/C26H27N3O/c1-26(2,3)21-15-13-20(14-16-21)25(30)27-17-24-28-22-11-7-8-12-23(22)29(24)18-19-9-5-4-6-10-19/h4-16H,17-18H2,1-3H3,(H,27,30). The van der Waals surface area contributed by atoms with Crippen LogP contribution in [-0.4, -0.2) is 15.5 Å². The maximum Gasteiger partial charge on any atom is 0.251 e. The van der Waals surface area contributed by atoms with E-state index in [0.717, 1.165) is 16.9 Å². The van der Waals surface area contributed by atoms with Gasteiger partial charge in [-0.05, 0) is 40.8 Å². The lowest BCUT2D eigenvalue weighted by Gasteiger charge is -2.19. The van der Waals surface area contributed by atoms with Crippen LogP contribution in [0.25, 0.3) is 11.0 Å². The smallest absolute Gasteiger partial charge is 0.251 e. The fourth-order valence-corrected chi connectivity index (χ4v) is 3.59. The van der Waals surface area contributed by atoms with Crippen molar-refractivity contribution in [1.82, 2.24) is 14.9 Å². The van der Waals surface area contributed by atoms with Crippen molar-refractivity contribution in [2.45, 2.75) is 39.3 Å². The molecule has 1 amide bonds. The summed E-state index contributed by atoms with van der Waals surface area (Å²) in [7, 11) is 0. The molecule has 0 unspecified atom stereocenters. The monoisotopic (exact) mass is 397 g/mol. The van der Waals surface area contributed by atoms with Crippen LogP contribution in [0.3, 0.4) is 0 Å². The van der Waals surface area contributed by atoms with Crippen molar-refractivity contribution in [3.05, 3.63) is 101 Å². The molecule has 4 aromatic rings. The normalized spacial score (nSPS) is 11.6. The van der Waals surface area contributed by atoms with E-state index in [1.807, 2.05) is 60.7 Å². The van der Waals surface area contributed by atoms with Crippen LogP contribution in [0.15, 0.2) is 78.9 Å². The molecule has 0 fully saturated rings. The number of nitrogens with one attached hydrogen (secondary N) is 1. The van der Waals surface area contributed by atoms with E-state index >= 15 is 0 Å². The second-order valence-electron chi connectivity index (χ2n) is 8.60. The number of aromatic nitrogens is 2. The van der Waals surface area contributed by atoms with Crippen molar-refractivity contribution in [1.29, 1.82) is 0 Å². The second-order valence-corrected chi connectivity index (χ2v) is 8.60. The maximum atomic E-state index is 12.7. The molecule has 4 heteroatoms. The number of rotatable bonds is 5. The molecule has 4 nitrogen and oxygen atoms in total. The molecule has 0 bridgehead atoms. The number of benzene rings is 3. The minimum Gasteiger partial charge on any atom is -0.345 e. The van der Waals surface area contributed by atoms with E-state index in [2.05, 4.69) is 48.9 Å². The van der Waals surface area contributed by atoms with Crippen LogP contribution in [0.2, 0.25) is 0 Å². The highest BCUT2D eigenvalue weighted by Gasteiger charge is 2.15. The van der Waals surface area contributed by atoms with Crippen molar-refractivity contribution < 1.29 is 4.79 Å². The minimum absolute atomic E-state index is 0.0668. The zero-order valence-electron chi connectivity index (χ0n) is 17.7. The summed E-state index contributed by atoms with van der Waals surface area (Å²) in [5.41, 5.74) is 5.15. The van der Waals surface area contributed by atoms with Gasteiger partial charge in [-0.15, -0.1) is 0 Å². The summed E-state index contributed by atoms with van der Waals surface area (Å²) in [4.78, 5) is 17.5. The molecule has 0 radical (unpaired) electrons. The van der Waals surface area contributed by atoms with Gasteiger partial charge in [-0.2, -0.15) is 0 Å². The van der Waals surface area contributed by atoms with Gasteiger partial charge in [0.25, 0.3) is 5.91 Å². The lowest BCUT2D eigenvalue weighted by atomic mass is 9.87. The van der Waals surface area contributed by atoms with E-state index in [-0.39, 0.29) is 11.3 Å². The molecule has 30 heavy (non-hydrogen) atoms. The average Bonchev–Trinajstić information content (AvgIpc) is 3.09. The van der Waals surface area contributed by atoms with Crippen LogP contribution >= 0.6 is 0 Å². The summed E-state index contributed by atoms with van der Waals surface area (Å²) in [5.74, 6) is 0.758. The third-order valence-corrected chi connectivity index (χ3v) is 5.34. The zero-order valence-corrected chi connectivity index (χ0v) is 17.7. The molecule has 0 saturated heterocycles. The van der Waals surface area contributed by atoms with E-state index < -0.39 is 0 Å². The number of hydrogen-bond donors (Lipinski definition) is 1. The zero-order chi connectivity index (χ0) is 21.1. The molecule has 4 rings (SSSR count). The van der Waals surface area contributed by atoms with Gasteiger partial charge in [-0.1, -0.05) is 75.4 Å². The molecule has 0 atom stereocenters. The lowest BCUT2D eigenvalue weighted by Crippen LogP contribution is -2.25. The Kier molecular flexibility index (Phi) is 5.40. The predicted molar refractivity (Wildman–Crippen MR) is 122 cm³/mol. The van der Waals surface area contributed by atoms with Crippen LogP contribution < -0.4 is 5.32 Å². The number of hydrogen-bond acceptors (Lipinski definition) is 2. The number of imidazole rings is 1. The first-order valence-corrected chi connectivity index (χ1v) is 10.3. The van der Waals surface area contributed by atoms with Crippen molar-refractivity contribution in [3.63, 3.8) is 0 Å². The fourth-order valence-electron chi connectivity index (χ4n) is 3.59. The van der Waals surface area contributed by atoms with Gasteiger partial charge in [-0.25, -0.2) is 4.98 Å². The minimum atomic E-state index is -0.0891. The second kappa shape index (κ2) is 8.15. The van der Waals surface area contributed by atoms with Crippen molar-refractivity contribution >= 4 is 16.9 Å². The maximum absolute atomic E-state index is 12.7. The van der Waals surface area contributed by atoms with Crippen LogP contribution in [0.4, 0.5) is 0 Å². The lowest BCUT2D eigenvalue weighted by molar-refractivity contribution is 0.0949. The summed E-state index contributed by atoms with van der Waals surface area (Å²) in [6.45, 7) is 7.59. The molecule has 0 spiro atoms. The van der Waals surface area contributed by atoms with Crippen molar-refractivity contribution in [2.24, 2.45) is 0 Å². The largest absolute Gasteiger partial charge is 0.345 e. The van der Waals surface area contributed by atoms with Crippen LogP contribution in [-0.2, 0) is 18.5 Å². The summed E-state index contributed by atoms with van der Waals surface area (Å²) < 4.78 is 2.17. The molecule has 1 aromatic heterocycles. The average molecular weight is 398 g/mol. The summed E-state index contributed by atoms with van der Waals surface area (Å²) in [5, 5.41) is 3.04. The Bertz CT molecular complexity index is 1150. The van der Waals surface area contributed by atoms with Gasteiger partial charge in [0.15, 0.2) is 0 Å². The number of para-hydroxylation sites is 2. The number of nitrogens with zero attached hydrogens (tertiary/aromatic N) is 2. The third-order valence-electron chi connectivity index (χ3n) is 5.34. The molecule has 0 aliphatic carbocycles. The van der Waals surface area contributed by atoms with E-state index in [4.69, 9.17) is 4.98 Å². The molecular weight excluding hydrogens is 370 g/mol. The van der Waals surface area contributed by atoms with E-state index in [9.17, 15) is 4.79 Å². The molecule has 1 heterocycles. The van der Waals surface area contributed by atoms with Gasteiger partial charge in [0.05, 0.1) is 17.6 Å². The fraction of sp³-hybridized carbons (Fsp3) is 0.231. The number of amides is 1. The molecule has 152 valence electrons. The van der Waals surface area contributed by atoms with Gasteiger partial charge in [0, 0.05) is 12.1 Å². The van der Waals surface area contributed by atoms with Gasteiger partial charge >= 0.3 is 0 Å². The van der Waals surface area contributed by atoms with E-state index in [1.165, 1.54) is 11.1 Å². The molecular formula is C26H27N3O. The van der Waals surface area contributed by atoms with E-state index in [1.54, 1.807) is 0 Å². The quantitative estimate of drug-likeness (QED) is 0.496. The first-order valence-electron chi connectivity index (χ1n) is 10.3. The molecule has 3 aromatic carbocycles. The summed E-state index contributed by atoms with van der Waals surface area (Å²) >= 11 is 0. The number of carbonyl (C=O) groups excluding carboxylic acids is 1. The Balaban J connectivity index is 1.55. The highest BCUT2D eigenvalue weighted by Crippen LogP contribution is 2.22. The highest BCUT2D eigenvalue weighted by molar-refractivity contribution is 5.94. The topological polar surface area (TPSA) is 46.9 Å². The first-order chi connectivity index (χ1) is 14.4. The first kappa shape index (κ1) is 19.9.